The monoisotopic (exact) mass is 350 g/mol. The molecule has 0 radical (unpaired) electrons. The van der Waals surface area contributed by atoms with Crippen molar-refractivity contribution in [1.29, 1.82) is 0 Å². The molecule has 1 atom stereocenters. The van der Waals surface area contributed by atoms with Crippen molar-refractivity contribution < 1.29 is 14.3 Å². The zero-order chi connectivity index (χ0) is 17.4. The number of thioether (sulfide) groups is 1. The Labute approximate surface area is 148 Å². The van der Waals surface area contributed by atoms with Gasteiger partial charge in [0.25, 0.3) is 0 Å². The number of amides is 1. The fourth-order valence-corrected chi connectivity index (χ4v) is 3.35. The van der Waals surface area contributed by atoms with Crippen LogP contribution in [0.4, 0.5) is 0 Å². The second kappa shape index (κ2) is 9.69. The smallest absolute Gasteiger partial charge is 0.337 e. The summed E-state index contributed by atoms with van der Waals surface area (Å²) < 4.78 is 4.69. The van der Waals surface area contributed by atoms with Crippen molar-refractivity contribution in [2.75, 3.05) is 32.2 Å². The summed E-state index contributed by atoms with van der Waals surface area (Å²) in [5, 5.41) is 3.42. The molecule has 0 aromatic heterocycles. The summed E-state index contributed by atoms with van der Waals surface area (Å²) in [4.78, 5) is 25.4. The molecule has 1 aliphatic heterocycles. The van der Waals surface area contributed by atoms with Gasteiger partial charge >= 0.3 is 5.97 Å². The first-order valence-corrected chi connectivity index (χ1v) is 9.71. The summed E-state index contributed by atoms with van der Waals surface area (Å²) in [6.07, 6.45) is 4.72. The summed E-state index contributed by atoms with van der Waals surface area (Å²) in [6.45, 7) is 2.50. The lowest BCUT2D eigenvalue weighted by Crippen LogP contribution is -2.36. The molecule has 132 valence electrons. The molecule has 1 aliphatic rings. The van der Waals surface area contributed by atoms with Gasteiger partial charge in [-0.25, -0.2) is 4.79 Å². The van der Waals surface area contributed by atoms with Crippen molar-refractivity contribution >= 4 is 23.6 Å². The number of nitrogens with zero attached hydrogens (tertiary/aromatic N) is 1. The van der Waals surface area contributed by atoms with E-state index >= 15 is 0 Å². The van der Waals surface area contributed by atoms with Gasteiger partial charge in [0.1, 0.15) is 0 Å². The topological polar surface area (TPSA) is 58.6 Å². The Hall–Kier alpha value is -1.53. The first-order chi connectivity index (χ1) is 11.7. The lowest BCUT2D eigenvalue weighted by atomic mass is 10.1. The van der Waals surface area contributed by atoms with Crippen LogP contribution in [0.5, 0.6) is 0 Å². The quantitative estimate of drug-likeness (QED) is 0.547. The molecular formula is C18H26N2O3S. The minimum Gasteiger partial charge on any atom is -0.465 e. The van der Waals surface area contributed by atoms with Crippen molar-refractivity contribution in [3.63, 3.8) is 0 Å². The van der Waals surface area contributed by atoms with Gasteiger partial charge in [0, 0.05) is 31.3 Å². The SMILES string of the molecule is COC(=O)c1ccc(CNCC[C@H]2CCC(=O)N2CCSC)cc1. The van der Waals surface area contributed by atoms with E-state index in [-0.39, 0.29) is 5.97 Å². The molecular weight excluding hydrogens is 324 g/mol. The summed E-state index contributed by atoms with van der Waals surface area (Å²) >= 11 is 1.78. The molecule has 0 bridgehead atoms. The van der Waals surface area contributed by atoms with Crippen LogP contribution in [0.1, 0.15) is 35.2 Å². The van der Waals surface area contributed by atoms with Gasteiger partial charge in [-0.05, 0) is 43.3 Å². The summed E-state index contributed by atoms with van der Waals surface area (Å²) in [6, 6.07) is 7.80. The molecule has 0 saturated carbocycles. The van der Waals surface area contributed by atoms with E-state index in [4.69, 9.17) is 4.74 Å². The molecule has 2 rings (SSSR count). The molecule has 1 aromatic carbocycles. The minimum atomic E-state index is -0.314. The predicted octanol–water partition coefficient (Wildman–Crippen LogP) is 2.31. The van der Waals surface area contributed by atoms with Crippen LogP contribution in [-0.4, -0.2) is 55.0 Å². The second-order valence-corrected chi connectivity index (χ2v) is 6.91. The van der Waals surface area contributed by atoms with Gasteiger partial charge < -0.3 is 15.0 Å². The Kier molecular flexibility index (Phi) is 7.59. The number of carbonyl (C=O) groups excluding carboxylic acids is 2. The zero-order valence-electron chi connectivity index (χ0n) is 14.4. The van der Waals surface area contributed by atoms with Crippen molar-refractivity contribution in [2.45, 2.75) is 31.8 Å². The van der Waals surface area contributed by atoms with Gasteiger partial charge in [0.2, 0.25) is 5.91 Å². The standard InChI is InChI=1S/C18H26N2O3S/c1-23-18(22)15-5-3-14(4-6-15)13-19-10-9-16-7-8-17(21)20(16)11-12-24-2/h3-6,16,19H,7-13H2,1-2H3/t16-/m1/s1. The van der Waals surface area contributed by atoms with Crippen LogP contribution in [-0.2, 0) is 16.1 Å². The normalized spacial score (nSPS) is 17.3. The molecule has 1 saturated heterocycles. The third-order valence-electron chi connectivity index (χ3n) is 4.35. The lowest BCUT2D eigenvalue weighted by Gasteiger charge is -2.24. The Balaban J connectivity index is 1.72. The first kappa shape index (κ1) is 18.8. The number of methoxy groups -OCH3 is 1. The van der Waals surface area contributed by atoms with E-state index in [1.54, 1.807) is 23.9 Å². The number of carbonyl (C=O) groups is 2. The number of ether oxygens (including phenoxy) is 1. The van der Waals surface area contributed by atoms with Crippen LogP contribution in [0, 0.1) is 0 Å². The average Bonchev–Trinajstić information content (AvgIpc) is 2.96. The highest BCUT2D eigenvalue weighted by molar-refractivity contribution is 7.98. The summed E-state index contributed by atoms with van der Waals surface area (Å²) in [5.41, 5.74) is 1.69. The maximum absolute atomic E-state index is 11.9. The van der Waals surface area contributed by atoms with Crippen molar-refractivity contribution in [3.8, 4) is 0 Å². The van der Waals surface area contributed by atoms with E-state index in [2.05, 4.69) is 11.6 Å². The Morgan fingerprint density at radius 1 is 1.38 bits per heavy atom. The molecule has 1 fully saturated rings. The van der Waals surface area contributed by atoms with E-state index in [0.29, 0.717) is 23.9 Å². The average molecular weight is 350 g/mol. The van der Waals surface area contributed by atoms with Gasteiger partial charge in [-0.2, -0.15) is 11.8 Å². The fourth-order valence-electron chi connectivity index (χ4n) is 2.97. The van der Waals surface area contributed by atoms with E-state index in [0.717, 1.165) is 43.8 Å². The molecule has 6 heteroatoms. The number of rotatable bonds is 9. The lowest BCUT2D eigenvalue weighted by molar-refractivity contribution is -0.128. The molecule has 5 nitrogen and oxygen atoms in total. The zero-order valence-corrected chi connectivity index (χ0v) is 15.2. The molecule has 1 amide bonds. The van der Waals surface area contributed by atoms with Crippen LogP contribution in [0.25, 0.3) is 0 Å². The number of benzene rings is 1. The van der Waals surface area contributed by atoms with Crippen LogP contribution < -0.4 is 5.32 Å². The minimum absolute atomic E-state index is 0.299. The maximum Gasteiger partial charge on any atom is 0.337 e. The number of nitrogens with one attached hydrogen (secondary N) is 1. The van der Waals surface area contributed by atoms with Crippen LogP contribution in [0.2, 0.25) is 0 Å². The Morgan fingerprint density at radius 3 is 2.79 bits per heavy atom. The van der Waals surface area contributed by atoms with Gasteiger partial charge in [-0.3, -0.25) is 4.79 Å². The Bertz CT molecular complexity index is 548. The van der Waals surface area contributed by atoms with Gasteiger partial charge in [0.05, 0.1) is 12.7 Å². The predicted molar refractivity (Wildman–Crippen MR) is 97.2 cm³/mol. The van der Waals surface area contributed by atoms with E-state index in [1.165, 1.54) is 7.11 Å². The number of hydrogen-bond acceptors (Lipinski definition) is 5. The van der Waals surface area contributed by atoms with Crippen LogP contribution in [0.3, 0.4) is 0 Å². The molecule has 0 spiro atoms. The second-order valence-electron chi connectivity index (χ2n) is 5.93. The molecule has 0 unspecified atom stereocenters. The summed E-state index contributed by atoms with van der Waals surface area (Å²) in [5.74, 6) is 0.987. The maximum atomic E-state index is 11.9. The summed E-state index contributed by atoms with van der Waals surface area (Å²) in [7, 11) is 1.38. The first-order valence-electron chi connectivity index (χ1n) is 8.32. The third kappa shape index (κ3) is 5.24. The highest BCUT2D eigenvalue weighted by atomic mass is 32.2. The van der Waals surface area contributed by atoms with Crippen molar-refractivity contribution in [1.82, 2.24) is 10.2 Å². The molecule has 1 N–H and O–H groups in total. The number of hydrogen-bond donors (Lipinski definition) is 1. The van der Waals surface area contributed by atoms with Crippen LogP contribution >= 0.6 is 11.8 Å². The fraction of sp³-hybridized carbons (Fsp3) is 0.556. The molecule has 1 aromatic rings. The number of esters is 1. The van der Waals surface area contributed by atoms with Crippen molar-refractivity contribution in [3.05, 3.63) is 35.4 Å². The Morgan fingerprint density at radius 2 is 2.12 bits per heavy atom. The third-order valence-corrected chi connectivity index (χ3v) is 4.94. The highest BCUT2D eigenvalue weighted by Crippen LogP contribution is 2.21. The molecule has 1 heterocycles. The van der Waals surface area contributed by atoms with Crippen molar-refractivity contribution in [2.24, 2.45) is 0 Å². The highest BCUT2D eigenvalue weighted by Gasteiger charge is 2.29. The van der Waals surface area contributed by atoms with E-state index in [9.17, 15) is 9.59 Å². The van der Waals surface area contributed by atoms with Gasteiger partial charge in [0.15, 0.2) is 0 Å². The van der Waals surface area contributed by atoms with E-state index in [1.807, 2.05) is 17.0 Å². The number of likely N-dealkylation sites (tertiary alicyclic amines) is 1. The largest absolute Gasteiger partial charge is 0.465 e. The molecule has 0 aliphatic carbocycles. The van der Waals surface area contributed by atoms with Gasteiger partial charge in [-0.1, -0.05) is 12.1 Å². The van der Waals surface area contributed by atoms with E-state index < -0.39 is 0 Å². The molecule has 24 heavy (non-hydrogen) atoms. The van der Waals surface area contributed by atoms with Crippen LogP contribution in [0.15, 0.2) is 24.3 Å². The van der Waals surface area contributed by atoms with Gasteiger partial charge in [-0.15, -0.1) is 0 Å².